The number of ether oxygens (including phenoxy) is 1. The largest absolute Gasteiger partial charge is 0.391 e. The Morgan fingerprint density at radius 3 is 3.00 bits per heavy atom. The third-order valence-electron chi connectivity index (χ3n) is 2.55. The van der Waals surface area contributed by atoms with Crippen LogP contribution >= 0.6 is 12.2 Å². The van der Waals surface area contributed by atoms with E-state index in [-0.39, 0.29) is 34.7 Å². The second-order valence-electron chi connectivity index (χ2n) is 3.69. The average molecular weight is 238 g/mol. The van der Waals surface area contributed by atoms with Crippen LogP contribution in [0.4, 0.5) is 0 Å². The van der Waals surface area contributed by atoms with Gasteiger partial charge < -0.3 is 9.84 Å². The van der Waals surface area contributed by atoms with Crippen LogP contribution in [0.3, 0.4) is 0 Å². The molecule has 2 heterocycles. The lowest BCUT2D eigenvalue weighted by Gasteiger charge is -2.16. The van der Waals surface area contributed by atoms with Gasteiger partial charge in [0, 0.05) is 12.2 Å². The fraction of sp³-hybridized carbons (Fsp3) is 0.556. The van der Waals surface area contributed by atoms with Crippen LogP contribution in [0.15, 0.2) is 11.0 Å². The Hall–Kier alpha value is -0.915. The van der Waals surface area contributed by atoms with Crippen LogP contribution in [0, 0.1) is 4.77 Å². The molecule has 0 aliphatic carbocycles. The molecule has 2 radical (unpaired) electrons. The molecule has 1 fully saturated rings. The van der Waals surface area contributed by atoms with Crippen LogP contribution in [0.5, 0.6) is 0 Å². The zero-order valence-corrected chi connectivity index (χ0v) is 9.37. The summed E-state index contributed by atoms with van der Waals surface area (Å²) < 4.78 is 7.34. The van der Waals surface area contributed by atoms with E-state index in [2.05, 4.69) is 4.98 Å². The maximum atomic E-state index is 11.3. The SMILES string of the molecule is [B][C@@H]1CCC(n2cc(CO)c(=O)[nH]c2=S)O1. The molecule has 0 amide bonds. The van der Waals surface area contributed by atoms with Crippen molar-refractivity contribution in [3.63, 3.8) is 0 Å². The van der Waals surface area contributed by atoms with Crippen LogP contribution in [0.25, 0.3) is 0 Å². The van der Waals surface area contributed by atoms with E-state index in [0.717, 1.165) is 12.8 Å². The fourth-order valence-electron chi connectivity index (χ4n) is 1.70. The standard InChI is InChI=1S/C9H11BN2O3S/c10-6-1-2-7(15-6)12-3-5(4-13)8(14)11-9(12)16/h3,6-7,13H,1-2,4H2,(H,11,14,16)/t6-,7?/m0/s1. The average Bonchev–Trinajstić information content (AvgIpc) is 2.65. The minimum atomic E-state index is -0.369. The maximum absolute atomic E-state index is 11.3. The van der Waals surface area contributed by atoms with E-state index in [9.17, 15) is 4.79 Å². The Morgan fingerprint density at radius 1 is 1.69 bits per heavy atom. The molecule has 1 unspecified atom stereocenters. The molecule has 0 bridgehead atoms. The summed E-state index contributed by atoms with van der Waals surface area (Å²) in [6.45, 7) is -0.330. The number of hydrogen-bond donors (Lipinski definition) is 2. The van der Waals surface area contributed by atoms with E-state index in [1.165, 1.54) is 6.20 Å². The third-order valence-corrected chi connectivity index (χ3v) is 2.87. The van der Waals surface area contributed by atoms with Gasteiger partial charge in [0.25, 0.3) is 5.56 Å². The van der Waals surface area contributed by atoms with E-state index in [1.54, 1.807) is 4.57 Å². The van der Waals surface area contributed by atoms with Crippen molar-refractivity contribution >= 4 is 20.1 Å². The van der Waals surface area contributed by atoms with Crippen molar-refractivity contribution in [1.82, 2.24) is 9.55 Å². The number of aliphatic hydroxyl groups is 1. The Labute approximate surface area is 98.5 Å². The molecular weight excluding hydrogens is 227 g/mol. The van der Waals surface area contributed by atoms with Crippen molar-refractivity contribution < 1.29 is 9.84 Å². The van der Waals surface area contributed by atoms with Gasteiger partial charge >= 0.3 is 0 Å². The van der Waals surface area contributed by atoms with Gasteiger partial charge in [-0.2, -0.15) is 0 Å². The Bertz CT molecular complexity index is 498. The number of rotatable bonds is 2. The first-order chi connectivity index (χ1) is 7.61. The molecule has 2 N–H and O–H groups in total. The van der Waals surface area contributed by atoms with Gasteiger partial charge in [-0.15, -0.1) is 0 Å². The van der Waals surface area contributed by atoms with Crippen molar-refractivity contribution in [3.05, 3.63) is 26.9 Å². The summed E-state index contributed by atoms with van der Waals surface area (Å²) in [5, 5.41) is 9.00. The van der Waals surface area contributed by atoms with Crippen LogP contribution in [-0.4, -0.2) is 28.5 Å². The topological polar surface area (TPSA) is 67.2 Å². The molecule has 2 atom stereocenters. The number of hydrogen-bond acceptors (Lipinski definition) is 4. The van der Waals surface area contributed by atoms with Gasteiger partial charge in [-0.3, -0.25) is 14.3 Å². The van der Waals surface area contributed by atoms with Gasteiger partial charge in [0.1, 0.15) is 14.1 Å². The van der Waals surface area contributed by atoms with Crippen LogP contribution in [-0.2, 0) is 11.3 Å². The number of aromatic amines is 1. The molecular formula is C9H11BN2O3S. The lowest BCUT2D eigenvalue weighted by atomic mass is 9.98. The van der Waals surface area contributed by atoms with Crippen LogP contribution < -0.4 is 5.56 Å². The summed E-state index contributed by atoms with van der Waals surface area (Å²) in [5.74, 6) is 0. The number of nitrogens with one attached hydrogen (secondary N) is 1. The highest BCUT2D eigenvalue weighted by atomic mass is 32.1. The molecule has 1 saturated heterocycles. The first kappa shape index (κ1) is 11.6. The van der Waals surface area contributed by atoms with Gasteiger partial charge in [-0.1, -0.05) is 0 Å². The van der Waals surface area contributed by atoms with E-state index < -0.39 is 0 Å². The second-order valence-corrected chi connectivity index (χ2v) is 4.07. The summed E-state index contributed by atoms with van der Waals surface area (Å²) in [6, 6.07) is -0.295. The molecule has 1 aliphatic heterocycles. The molecule has 1 aromatic rings. The van der Waals surface area contributed by atoms with Crippen molar-refractivity contribution in [2.45, 2.75) is 31.7 Å². The molecule has 16 heavy (non-hydrogen) atoms. The van der Waals surface area contributed by atoms with Gasteiger partial charge in [-0.25, -0.2) is 0 Å². The monoisotopic (exact) mass is 238 g/mol. The molecule has 7 heteroatoms. The molecule has 1 aliphatic rings. The van der Waals surface area contributed by atoms with Crippen LogP contribution in [0.2, 0.25) is 0 Å². The lowest BCUT2D eigenvalue weighted by Crippen LogP contribution is -2.21. The summed E-state index contributed by atoms with van der Waals surface area (Å²) >= 11 is 5.03. The van der Waals surface area contributed by atoms with E-state index >= 15 is 0 Å². The smallest absolute Gasteiger partial charge is 0.257 e. The molecule has 5 nitrogen and oxygen atoms in total. The highest BCUT2D eigenvalue weighted by Gasteiger charge is 2.23. The first-order valence-electron chi connectivity index (χ1n) is 4.98. The van der Waals surface area contributed by atoms with Crippen molar-refractivity contribution in [2.75, 3.05) is 0 Å². The predicted octanol–water partition coefficient (Wildman–Crippen LogP) is 0.202. The predicted molar refractivity (Wildman–Crippen MR) is 60.7 cm³/mol. The number of H-pyrrole nitrogens is 1. The van der Waals surface area contributed by atoms with Crippen molar-refractivity contribution in [3.8, 4) is 0 Å². The Kier molecular flexibility index (Phi) is 3.27. The molecule has 84 valence electrons. The van der Waals surface area contributed by atoms with E-state index in [0.29, 0.717) is 0 Å². The van der Waals surface area contributed by atoms with Gasteiger partial charge in [-0.05, 0) is 25.1 Å². The highest BCUT2D eigenvalue weighted by Crippen LogP contribution is 2.26. The lowest BCUT2D eigenvalue weighted by molar-refractivity contribution is 0.0350. The van der Waals surface area contributed by atoms with Gasteiger partial charge in [0.05, 0.1) is 12.2 Å². The summed E-state index contributed by atoms with van der Waals surface area (Å²) in [5.41, 5.74) is -0.108. The minimum Gasteiger partial charge on any atom is -0.391 e. The number of nitrogens with zero attached hydrogens (tertiary/aromatic N) is 1. The third kappa shape index (κ3) is 2.11. The first-order valence-corrected chi connectivity index (χ1v) is 5.39. The molecule has 0 spiro atoms. The zero-order valence-electron chi connectivity index (χ0n) is 8.55. The number of aliphatic hydroxyl groups excluding tert-OH is 1. The molecule has 1 aromatic heterocycles. The maximum Gasteiger partial charge on any atom is 0.257 e. The zero-order chi connectivity index (χ0) is 11.7. The Morgan fingerprint density at radius 2 is 2.44 bits per heavy atom. The Balaban J connectivity index is 2.41. The van der Waals surface area contributed by atoms with Crippen molar-refractivity contribution in [1.29, 1.82) is 0 Å². The fourth-order valence-corrected chi connectivity index (χ4v) is 1.97. The quantitative estimate of drug-likeness (QED) is 0.570. The second kappa shape index (κ2) is 4.53. The van der Waals surface area contributed by atoms with Crippen LogP contribution in [0.1, 0.15) is 24.6 Å². The summed E-state index contributed by atoms with van der Waals surface area (Å²) in [4.78, 5) is 13.8. The normalized spacial score (nSPS) is 24.8. The molecule has 0 aromatic carbocycles. The highest BCUT2D eigenvalue weighted by molar-refractivity contribution is 7.71. The van der Waals surface area contributed by atoms with Crippen molar-refractivity contribution in [2.24, 2.45) is 0 Å². The minimum absolute atomic E-state index is 0.260. The van der Waals surface area contributed by atoms with Gasteiger partial charge in [0.2, 0.25) is 0 Å². The summed E-state index contributed by atoms with van der Waals surface area (Å²) in [6.07, 6.45) is 2.75. The number of aromatic nitrogens is 2. The van der Waals surface area contributed by atoms with E-state index in [4.69, 9.17) is 29.9 Å². The molecule has 2 rings (SSSR count). The van der Waals surface area contributed by atoms with E-state index in [1.807, 2.05) is 0 Å². The molecule has 0 saturated carbocycles. The summed E-state index contributed by atoms with van der Waals surface area (Å²) in [7, 11) is 5.62. The van der Waals surface area contributed by atoms with Gasteiger partial charge in [0.15, 0.2) is 4.77 Å².